The maximum atomic E-state index is 12.8. The van der Waals surface area contributed by atoms with Gasteiger partial charge in [0.25, 0.3) is 5.91 Å². The Morgan fingerprint density at radius 3 is 2.31 bits per heavy atom. The SMILES string of the molecule is Cc1ccc(C(=O)Nc2cccc(C)c2C)cc1S(=O)(=O)NCc1ccccc1. The van der Waals surface area contributed by atoms with E-state index in [9.17, 15) is 13.2 Å². The predicted octanol–water partition coefficient (Wildman–Crippen LogP) is 4.34. The molecule has 3 aromatic carbocycles. The Morgan fingerprint density at radius 2 is 1.59 bits per heavy atom. The summed E-state index contributed by atoms with van der Waals surface area (Å²) in [4.78, 5) is 12.8. The molecule has 0 bridgehead atoms. The Balaban J connectivity index is 1.83. The molecule has 1 amide bonds. The third kappa shape index (κ3) is 4.91. The van der Waals surface area contributed by atoms with Crippen molar-refractivity contribution in [3.05, 3.63) is 94.5 Å². The Labute approximate surface area is 171 Å². The number of benzene rings is 3. The summed E-state index contributed by atoms with van der Waals surface area (Å²) < 4.78 is 28.2. The third-order valence-electron chi connectivity index (χ3n) is 4.90. The topological polar surface area (TPSA) is 75.3 Å². The number of rotatable bonds is 6. The molecule has 0 aromatic heterocycles. The van der Waals surface area contributed by atoms with E-state index in [4.69, 9.17) is 0 Å². The lowest BCUT2D eigenvalue weighted by atomic mass is 10.1. The van der Waals surface area contributed by atoms with E-state index in [2.05, 4.69) is 10.0 Å². The van der Waals surface area contributed by atoms with Crippen LogP contribution >= 0.6 is 0 Å². The standard InChI is InChI=1S/C23H24N2O3S/c1-16-8-7-11-21(18(16)3)25-23(26)20-13-12-17(2)22(14-20)29(27,28)24-15-19-9-5-4-6-10-19/h4-14,24H,15H2,1-3H3,(H,25,26). The van der Waals surface area contributed by atoms with E-state index in [0.29, 0.717) is 11.3 Å². The fourth-order valence-electron chi connectivity index (χ4n) is 2.96. The summed E-state index contributed by atoms with van der Waals surface area (Å²) in [7, 11) is -3.76. The minimum absolute atomic E-state index is 0.0991. The van der Waals surface area contributed by atoms with Gasteiger partial charge in [-0.3, -0.25) is 4.79 Å². The van der Waals surface area contributed by atoms with Gasteiger partial charge in [-0.25, -0.2) is 13.1 Å². The molecule has 5 nitrogen and oxygen atoms in total. The van der Waals surface area contributed by atoms with Crippen molar-refractivity contribution in [2.75, 3.05) is 5.32 Å². The molecule has 29 heavy (non-hydrogen) atoms. The van der Waals surface area contributed by atoms with Gasteiger partial charge in [0.1, 0.15) is 0 Å². The summed E-state index contributed by atoms with van der Waals surface area (Å²) >= 11 is 0. The van der Waals surface area contributed by atoms with Crippen LogP contribution in [0.15, 0.2) is 71.6 Å². The highest BCUT2D eigenvalue weighted by Gasteiger charge is 2.19. The van der Waals surface area contributed by atoms with Crippen molar-refractivity contribution >= 4 is 21.6 Å². The van der Waals surface area contributed by atoms with E-state index in [-0.39, 0.29) is 22.9 Å². The lowest BCUT2D eigenvalue weighted by Crippen LogP contribution is -2.24. The van der Waals surface area contributed by atoms with E-state index in [0.717, 1.165) is 16.7 Å². The maximum Gasteiger partial charge on any atom is 0.255 e. The van der Waals surface area contributed by atoms with E-state index >= 15 is 0 Å². The molecule has 3 rings (SSSR count). The van der Waals surface area contributed by atoms with Crippen LogP contribution in [0.1, 0.15) is 32.6 Å². The molecule has 0 fully saturated rings. The average molecular weight is 409 g/mol. The van der Waals surface area contributed by atoms with Crippen molar-refractivity contribution in [3.63, 3.8) is 0 Å². The highest BCUT2D eigenvalue weighted by molar-refractivity contribution is 7.89. The Morgan fingerprint density at radius 1 is 0.862 bits per heavy atom. The number of carbonyl (C=O) groups is 1. The van der Waals surface area contributed by atoms with Crippen LogP contribution in [0, 0.1) is 20.8 Å². The lowest BCUT2D eigenvalue weighted by Gasteiger charge is -2.13. The van der Waals surface area contributed by atoms with Gasteiger partial charge in [0, 0.05) is 17.8 Å². The van der Waals surface area contributed by atoms with Crippen molar-refractivity contribution < 1.29 is 13.2 Å². The number of carbonyl (C=O) groups excluding carboxylic acids is 1. The summed E-state index contributed by atoms with van der Waals surface area (Å²) in [5.41, 5.74) is 4.48. The first-order valence-corrected chi connectivity index (χ1v) is 10.8. The third-order valence-corrected chi connectivity index (χ3v) is 6.45. The number of aryl methyl sites for hydroxylation is 2. The maximum absolute atomic E-state index is 12.8. The molecule has 0 aliphatic carbocycles. The summed E-state index contributed by atoms with van der Waals surface area (Å²) in [6, 6.07) is 19.7. The first kappa shape index (κ1) is 20.8. The Hall–Kier alpha value is -2.96. The second-order valence-corrected chi connectivity index (χ2v) is 8.73. The van der Waals surface area contributed by atoms with Gasteiger partial charge >= 0.3 is 0 Å². The summed E-state index contributed by atoms with van der Waals surface area (Å²) in [6.45, 7) is 5.80. The summed E-state index contributed by atoms with van der Waals surface area (Å²) in [5.74, 6) is -0.349. The molecule has 6 heteroatoms. The second kappa shape index (κ2) is 8.59. The van der Waals surface area contributed by atoms with Gasteiger partial charge in [0.15, 0.2) is 0 Å². The van der Waals surface area contributed by atoms with Crippen LogP contribution in [-0.4, -0.2) is 14.3 Å². The monoisotopic (exact) mass is 408 g/mol. The molecular formula is C23H24N2O3S. The number of amides is 1. The number of anilines is 1. The molecule has 0 heterocycles. The lowest BCUT2D eigenvalue weighted by molar-refractivity contribution is 0.102. The van der Waals surface area contributed by atoms with Crippen LogP contribution in [0.4, 0.5) is 5.69 Å². The van der Waals surface area contributed by atoms with Gasteiger partial charge in [-0.05, 0) is 61.2 Å². The summed E-state index contributed by atoms with van der Waals surface area (Å²) in [6.07, 6.45) is 0. The van der Waals surface area contributed by atoms with Crippen molar-refractivity contribution in [1.29, 1.82) is 0 Å². The molecule has 0 aliphatic heterocycles. The van der Waals surface area contributed by atoms with Gasteiger partial charge < -0.3 is 5.32 Å². The zero-order chi connectivity index (χ0) is 21.0. The van der Waals surface area contributed by atoms with E-state index in [1.54, 1.807) is 19.1 Å². The molecule has 0 saturated heterocycles. The van der Waals surface area contributed by atoms with E-state index in [1.807, 2.05) is 62.4 Å². The fourth-order valence-corrected chi connectivity index (χ4v) is 4.25. The van der Waals surface area contributed by atoms with Crippen LogP contribution in [0.3, 0.4) is 0 Å². The van der Waals surface area contributed by atoms with Gasteiger partial charge in [-0.2, -0.15) is 0 Å². The smallest absolute Gasteiger partial charge is 0.255 e. The van der Waals surface area contributed by atoms with Gasteiger partial charge in [-0.1, -0.05) is 48.5 Å². The van der Waals surface area contributed by atoms with Gasteiger partial charge in [0.2, 0.25) is 10.0 Å². The number of sulfonamides is 1. The molecule has 0 aliphatic rings. The number of hydrogen-bond donors (Lipinski definition) is 2. The molecule has 0 radical (unpaired) electrons. The number of hydrogen-bond acceptors (Lipinski definition) is 3. The quantitative estimate of drug-likeness (QED) is 0.637. The van der Waals surface area contributed by atoms with Crippen LogP contribution < -0.4 is 10.0 Å². The normalized spacial score (nSPS) is 11.3. The summed E-state index contributed by atoms with van der Waals surface area (Å²) in [5, 5.41) is 2.87. The van der Waals surface area contributed by atoms with Crippen LogP contribution in [0.25, 0.3) is 0 Å². The predicted molar refractivity (Wildman–Crippen MR) is 116 cm³/mol. The van der Waals surface area contributed by atoms with Gasteiger partial charge in [0.05, 0.1) is 4.90 Å². The highest BCUT2D eigenvalue weighted by atomic mass is 32.2. The van der Waals surface area contributed by atoms with Crippen LogP contribution in [0.2, 0.25) is 0 Å². The molecule has 0 atom stereocenters. The molecule has 3 aromatic rings. The first-order valence-electron chi connectivity index (χ1n) is 9.30. The van der Waals surface area contributed by atoms with Crippen LogP contribution in [0.5, 0.6) is 0 Å². The Bertz CT molecular complexity index is 1140. The molecule has 150 valence electrons. The second-order valence-electron chi connectivity index (χ2n) is 6.99. The van der Waals surface area contributed by atoms with E-state index < -0.39 is 10.0 Å². The van der Waals surface area contributed by atoms with Crippen molar-refractivity contribution in [3.8, 4) is 0 Å². The van der Waals surface area contributed by atoms with Crippen LogP contribution in [-0.2, 0) is 16.6 Å². The zero-order valence-electron chi connectivity index (χ0n) is 16.7. The molecular weight excluding hydrogens is 384 g/mol. The van der Waals surface area contributed by atoms with Gasteiger partial charge in [-0.15, -0.1) is 0 Å². The highest BCUT2D eigenvalue weighted by Crippen LogP contribution is 2.21. The molecule has 2 N–H and O–H groups in total. The number of nitrogens with one attached hydrogen (secondary N) is 2. The average Bonchev–Trinajstić information content (AvgIpc) is 2.71. The first-order chi connectivity index (χ1) is 13.8. The van der Waals surface area contributed by atoms with E-state index in [1.165, 1.54) is 6.07 Å². The molecule has 0 saturated carbocycles. The minimum Gasteiger partial charge on any atom is -0.322 e. The van der Waals surface area contributed by atoms with Crippen molar-refractivity contribution in [1.82, 2.24) is 4.72 Å². The zero-order valence-corrected chi connectivity index (χ0v) is 17.5. The largest absolute Gasteiger partial charge is 0.322 e. The van der Waals surface area contributed by atoms with Crippen molar-refractivity contribution in [2.45, 2.75) is 32.2 Å². The van der Waals surface area contributed by atoms with Crippen molar-refractivity contribution in [2.24, 2.45) is 0 Å². The minimum atomic E-state index is -3.76. The fraction of sp³-hybridized carbons (Fsp3) is 0.174. The molecule has 0 unspecified atom stereocenters. The Kier molecular flexibility index (Phi) is 6.15. The molecule has 0 spiro atoms.